The highest BCUT2D eigenvalue weighted by Crippen LogP contribution is 2.27. The maximum absolute atomic E-state index is 14.2. The van der Waals surface area contributed by atoms with Crippen molar-refractivity contribution in [1.82, 2.24) is 4.98 Å². The van der Waals surface area contributed by atoms with Gasteiger partial charge in [-0.2, -0.15) is 0 Å². The second-order valence-electron chi connectivity index (χ2n) is 5.22. The van der Waals surface area contributed by atoms with E-state index in [0.717, 1.165) is 11.1 Å². The van der Waals surface area contributed by atoms with Gasteiger partial charge in [0.15, 0.2) is 0 Å². The molecule has 5 heteroatoms. The van der Waals surface area contributed by atoms with Crippen molar-refractivity contribution in [1.29, 1.82) is 0 Å². The molecule has 0 saturated carbocycles. The molecule has 1 aromatic carbocycles. The monoisotopic (exact) mass is 286 g/mol. The van der Waals surface area contributed by atoms with Gasteiger partial charge in [0.25, 0.3) is 0 Å². The van der Waals surface area contributed by atoms with Gasteiger partial charge in [0.2, 0.25) is 0 Å². The standard InChI is InChI=1S/C16H15FN2O2/c1-10-3-2-4-14(15(10)17)19-6-5-11-7-13(16(20)21)18-8-12(11)9-19/h2-4,7-8H,5-6,9H2,1H3,(H,20,21). The van der Waals surface area contributed by atoms with Crippen LogP contribution in [0.3, 0.4) is 0 Å². The van der Waals surface area contributed by atoms with Crippen LogP contribution in [0.1, 0.15) is 27.2 Å². The van der Waals surface area contributed by atoms with Gasteiger partial charge in [-0.1, -0.05) is 12.1 Å². The first-order valence-corrected chi connectivity index (χ1v) is 6.77. The molecule has 0 saturated heterocycles. The molecule has 1 N–H and O–H groups in total. The van der Waals surface area contributed by atoms with Crippen LogP contribution in [0.2, 0.25) is 0 Å². The molecule has 0 amide bonds. The van der Waals surface area contributed by atoms with Crippen LogP contribution >= 0.6 is 0 Å². The largest absolute Gasteiger partial charge is 0.477 e. The van der Waals surface area contributed by atoms with Gasteiger partial charge in [-0.25, -0.2) is 14.2 Å². The maximum atomic E-state index is 14.2. The van der Waals surface area contributed by atoms with Crippen molar-refractivity contribution < 1.29 is 14.3 Å². The molecule has 2 heterocycles. The van der Waals surface area contributed by atoms with Crippen LogP contribution in [0.25, 0.3) is 0 Å². The molecule has 1 aliphatic heterocycles. The van der Waals surface area contributed by atoms with Crippen molar-refractivity contribution in [3.8, 4) is 0 Å². The Balaban J connectivity index is 1.91. The summed E-state index contributed by atoms with van der Waals surface area (Å²) in [6.07, 6.45) is 2.27. The summed E-state index contributed by atoms with van der Waals surface area (Å²) in [5.41, 5.74) is 3.20. The summed E-state index contributed by atoms with van der Waals surface area (Å²) in [5.74, 6) is -1.22. The minimum atomic E-state index is -1.02. The number of carbonyl (C=O) groups is 1. The lowest BCUT2D eigenvalue weighted by molar-refractivity contribution is 0.0690. The molecule has 0 bridgehead atoms. The number of anilines is 1. The minimum Gasteiger partial charge on any atom is -0.477 e. The van der Waals surface area contributed by atoms with Crippen molar-refractivity contribution in [2.24, 2.45) is 0 Å². The molecule has 0 fully saturated rings. The van der Waals surface area contributed by atoms with E-state index >= 15 is 0 Å². The van der Waals surface area contributed by atoms with Crippen molar-refractivity contribution >= 4 is 11.7 Å². The van der Waals surface area contributed by atoms with Gasteiger partial charge in [-0.3, -0.25) is 0 Å². The molecule has 1 aromatic heterocycles. The second-order valence-corrected chi connectivity index (χ2v) is 5.22. The number of hydrogen-bond donors (Lipinski definition) is 1. The number of nitrogens with zero attached hydrogens (tertiary/aromatic N) is 2. The van der Waals surface area contributed by atoms with E-state index in [1.54, 1.807) is 31.3 Å². The van der Waals surface area contributed by atoms with E-state index in [0.29, 0.717) is 30.8 Å². The third-order valence-corrected chi connectivity index (χ3v) is 3.83. The summed E-state index contributed by atoms with van der Waals surface area (Å²) >= 11 is 0. The number of aromatic carboxylic acids is 1. The third-order valence-electron chi connectivity index (χ3n) is 3.83. The summed E-state index contributed by atoms with van der Waals surface area (Å²) in [6, 6.07) is 6.97. The molecule has 2 aromatic rings. The van der Waals surface area contributed by atoms with Crippen molar-refractivity contribution in [3.05, 3.63) is 58.7 Å². The highest BCUT2D eigenvalue weighted by atomic mass is 19.1. The van der Waals surface area contributed by atoms with Gasteiger partial charge >= 0.3 is 5.97 Å². The summed E-state index contributed by atoms with van der Waals surface area (Å²) < 4.78 is 14.2. The first kappa shape index (κ1) is 13.5. The lowest BCUT2D eigenvalue weighted by atomic mass is 10.00. The fraction of sp³-hybridized carbons (Fsp3) is 0.250. The van der Waals surface area contributed by atoms with Crippen LogP contribution in [0.5, 0.6) is 0 Å². The van der Waals surface area contributed by atoms with E-state index in [-0.39, 0.29) is 11.5 Å². The zero-order chi connectivity index (χ0) is 15.0. The fourth-order valence-electron chi connectivity index (χ4n) is 2.64. The van der Waals surface area contributed by atoms with E-state index in [9.17, 15) is 9.18 Å². The SMILES string of the molecule is Cc1cccc(N2CCc3cc(C(=O)O)ncc3C2)c1F. The van der Waals surface area contributed by atoms with Crippen LogP contribution in [0, 0.1) is 12.7 Å². The molecule has 0 spiro atoms. The first-order chi connectivity index (χ1) is 10.1. The Morgan fingerprint density at radius 1 is 1.38 bits per heavy atom. The number of pyridine rings is 1. The van der Waals surface area contributed by atoms with Gasteiger partial charge in [0.05, 0.1) is 5.69 Å². The van der Waals surface area contributed by atoms with Crippen LogP contribution in [0.15, 0.2) is 30.5 Å². The lowest BCUT2D eigenvalue weighted by Gasteiger charge is -2.31. The Bertz CT molecular complexity index is 715. The number of aryl methyl sites for hydroxylation is 1. The molecule has 0 radical (unpaired) electrons. The summed E-state index contributed by atoms with van der Waals surface area (Å²) in [4.78, 5) is 16.8. The first-order valence-electron chi connectivity index (χ1n) is 6.77. The number of rotatable bonds is 2. The minimum absolute atomic E-state index is 0.0592. The molecule has 3 rings (SSSR count). The third kappa shape index (κ3) is 2.46. The van der Waals surface area contributed by atoms with Gasteiger partial charge in [0.1, 0.15) is 11.5 Å². The number of benzene rings is 1. The van der Waals surface area contributed by atoms with Gasteiger partial charge < -0.3 is 10.0 Å². The van der Waals surface area contributed by atoms with E-state index in [2.05, 4.69) is 4.98 Å². The van der Waals surface area contributed by atoms with Crippen LogP contribution in [0.4, 0.5) is 10.1 Å². The second kappa shape index (κ2) is 5.16. The summed E-state index contributed by atoms with van der Waals surface area (Å²) in [6.45, 7) is 2.95. The Morgan fingerprint density at radius 2 is 2.19 bits per heavy atom. The van der Waals surface area contributed by atoms with E-state index in [1.165, 1.54) is 0 Å². The fourth-order valence-corrected chi connectivity index (χ4v) is 2.64. The molecule has 0 unspecified atom stereocenters. The van der Waals surface area contributed by atoms with Gasteiger partial charge in [-0.05, 0) is 42.2 Å². The molecule has 0 atom stereocenters. The molecular formula is C16H15FN2O2. The van der Waals surface area contributed by atoms with E-state index in [4.69, 9.17) is 5.11 Å². The Labute approximate surface area is 121 Å². The number of fused-ring (bicyclic) bond motifs is 1. The normalized spacial score (nSPS) is 13.9. The topological polar surface area (TPSA) is 53.4 Å². The van der Waals surface area contributed by atoms with E-state index in [1.807, 2.05) is 11.0 Å². The molecule has 0 aliphatic carbocycles. The molecular weight excluding hydrogens is 271 g/mol. The number of carboxylic acid groups (broad SMARTS) is 1. The average Bonchev–Trinajstić information content (AvgIpc) is 2.49. The number of carboxylic acids is 1. The molecule has 21 heavy (non-hydrogen) atoms. The zero-order valence-electron chi connectivity index (χ0n) is 11.6. The molecule has 1 aliphatic rings. The molecule has 4 nitrogen and oxygen atoms in total. The predicted molar refractivity (Wildman–Crippen MR) is 77.1 cm³/mol. The molecule has 108 valence electrons. The number of hydrogen-bond acceptors (Lipinski definition) is 3. The maximum Gasteiger partial charge on any atom is 0.354 e. The van der Waals surface area contributed by atoms with Gasteiger partial charge in [0, 0.05) is 19.3 Å². The zero-order valence-corrected chi connectivity index (χ0v) is 11.6. The Hall–Kier alpha value is -2.43. The summed E-state index contributed by atoms with van der Waals surface area (Å²) in [5, 5.41) is 8.96. The van der Waals surface area contributed by atoms with Crippen LogP contribution in [-0.2, 0) is 13.0 Å². The number of halogens is 1. The van der Waals surface area contributed by atoms with Gasteiger partial charge in [-0.15, -0.1) is 0 Å². The number of aromatic nitrogens is 1. The van der Waals surface area contributed by atoms with Crippen molar-refractivity contribution in [3.63, 3.8) is 0 Å². The quantitative estimate of drug-likeness (QED) is 0.922. The average molecular weight is 286 g/mol. The van der Waals surface area contributed by atoms with Crippen LogP contribution in [-0.4, -0.2) is 22.6 Å². The lowest BCUT2D eigenvalue weighted by Crippen LogP contribution is -2.31. The van der Waals surface area contributed by atoms with E-state index < -0.39 is 5.97 Å². The predicted octanol–water partition coefficient (Wildman–Crippen LogP) is 2.79. The highest BCUT2D eigenvalue weighted by Gasteiger charge is 2.21. The Kier molecular flexibility index (Phi) is 3.33. The summed E-state index contributed by atoms with van der Waals surface area (Å²) in [7, 11) is 0. The smallest absolute Gasteiger partial charge is 0.354 e. The highest BCUT2D eigenvalue weighted by molar-refractivity contribution is 5.85. The van der Waals surface area contributed by atoms with Crippen molar-refractivity contribution in [2.75, 3.05) is 11.4 Å². The van der Waals surface area contributed by atoms with Crippen molar-refractivity contribution in [2.45, 2.75) is 19.9 Å². The Morgan fingerprint density at radius 3 is 2.95 bits per heavy atom. The van der Waals surface area contributed by atoms with Crippen LogP contribution < -0.4 is 4.90 Å².